The summed E-state index contributed by atoms with van der Waals surface area (Å²) in [5.74, 6) is 0.299. The SMILES string of the molecule is Cc1ccc(N2CCN(c3c(-c4ccc5c(c4)OCC(=O)N5)c(=O)c3=O)CC2)c(C)c1. The van der Waals surface area contributed by atoms with Crippen molar-refractivity contribution in [3.05, 3.63) is 68.0 Å². The van der Waals surface area contributed by atoms with Crippen molar-refractivity contribution < 1.29 is 9.53 Å². The molecule has 1 amide bonds. The molecule has 0 aromatic heterocycles. The van der Waals surface area contributed by atoms with Crippen molar-refractivity contribution in [3.63, 3.8) is 0 Å². The number of aryl methyl sites for hydroxylation is 2. The number of nitrogens with zero attached hydrogens (tertiary/aromatic N) is 2. The van der Waals surface area contributed by atoms with E-state index in [1.165, 1.54) is 16.8 Å². The van der Waals surface area contributed by atoms with Crippen molar-refractivity contribution in [2.75, 3.05) is 47.9 Å². The molecule has 7 heteroatoms. The summed E-state index contributed by atoms with van der Waals surface area (Å²) in [7, 11) is 0. The first-order valence-corrected chi connectivity index (χ1v) is 10.4. The van der Waals surface area contributed by atoms with Crippen LogP contribution in [0.3, 0.4) is 0 Å². The number of ether oxygens (including phenoxy) is 1. The molecule has 0 unspecified atom stereocenters. The van der Waals surface area contributed by atoms with Gasteiger partial charge in [-0.2, -0.15) is 0 Å². The topological polar surface area (TPSA) is 79.0 Å². The smallest absolute Gasteiger partial charge is 0.262 e. The van der Waals surface area contributed by atoms with Gasteiger partial charge >= 0.3 is 0 Å². The fraction of sp³-hybridized carbons (Fsp3) is 0.292. The zero-order valence-corrected chi connectivity index (χ0v) is 17.5. The van der Waals surface area contributed by atoms with E-state index in [4.69, 9.17) is 4.74 Å². The second-order valence-corrected chi connectivity index (χ2v) is 8.19. The van der Waals surface area contributed by atoms with Crippen LogP contribution >= 0.6 is 0 Å². The highest BCUT2D eigenvalue weighted by molar-refractivity contribution is 5.96. The molecule has 0 spiro atoms. The van der Waals surface area contributed by atoms with E-state index in [9.17, 15) is 14.4 Å². The van der Waals surface area contributed by atoms with Gasteiger partial charge in [0.2, 0.25) is 10.9 Å². The highest BCUT2D eigenvalue weighted by Crippen LogP contribution is 2.35. The number of fused-ring (bicyclic) bond motifs is 1. The van der Waals surface area contributed by atoms with E-state index in [0.717, 1.165) is 13.1 Å². The molecule has 158 valence electrons. The molecule has 0 radical (unpaired) electrons. The van der Waals surface area contributed by atoms with E-state index in [1.54, 1.807) is 18.2 Å². The molecule has 0 atom stereocenters. The maximum Gasteiger partial charge on any atom is 0.262 e. The number of benzene rings is 2. The minimum absolute atomic E-state index is 0.0599. The summed E-state index contributed by atoms with van der Waals surface area (Å²) >= 11 is 0. The lowest BCUT2D eigenvalue weighted by atomic mass is 9.96. The first kappa shape index (κ1) is 19.4. The molecule has 0 saturated carbocycles. The van der Waals surface area contributed by atoms with Crippen LogP contribution in [0, 0.1) is 13.8 Å². The summed E-state index contributed by atoms with van der Waals surface area (Å²) in [6.07, 6.45) is 0. The van der Waals surface area contributed by atoms with E-state index < -0.39 is 10.9 Å². The van der Waals surface area contributed by atoms with Gasteiger partial charge in [-0.1, -0.05) is 23.8 Å². The zero-order valence-electron chi connectivity index (χ0n) is 17.5. The standard InChI is InChI=1S/C24H23N3O4/c1-14-3-6-18(15(2)11-14)26-7-9-27(10-8-26)22-21(23(29)24(22)30)16-4-5-17-19(12-16)31-13-20(28)25-17/h3-6,11-12H,7-10,13H2,1-2H3,(H,25,28). The van der Waals surface area contributed by atoms with Crippen molar-refractivity contribution in [2.24, 2.45) is 0 Å². The largest absolute Gasteiger partial charge is 0.482 e. The summed E-state index contributed by atoms with van der Waals surface area (Å²) in [6.45, 7) is 7.04. The van der Waals surface area contributed by atoms with Crippen LogP contribution in [-0.4, -0.2) is 38.7 Å². The molecule has 2 aliphatic heterocycles. The third-order valence-electron chi connectivity index (χ3n) is 6.08. The monoisotopic (exact) mass is 417 g/mol. The molecule has 2 aliphatic rings. The predicted octanol–water partition coefficient (Wildman–Crippen LogP) is 2.22. The lowest BCUT2D eigenvalue weighted by molar-refractivity contribution is -0.118. The van der Waals surface area contributed by atoms with E-state index in [1.807, 2.05) is 4.90 Å². The molecule has 31 heavy (non-hydrogen) atoms. The number of hydrogen-bond acceptors (Lipinski definition) is 6. The first-order valence-electron chi connectivity index (χ1n) is 10.4. The van der Waals surface area contributed by atoms with Crippen molar-refractivity contribution >= 4 is 23.0 Å². The van der Waals surface area contributed by atoms with Crippen LogP contribution in [0.25, 0.3) is 11.1 Å². The fourth-order valence-corrected chi connectivity index (χ4v) is 4.51. The van der Waals surface area contributed by atoms with Crippen LogP contribution in [0.2, 0.25) is 0 Å². The minimum atomic E-state index is -0.466. The molecule has 1 saturated heterocycles. The van der Waals surface area contributed by atoms with Gasteiger partial charge in [0.25, 0.3) is 5.91 Å². The van der Waals surface area contributed by atoms with Gasteiger partial charge in [0.05, 0.1) is 11.3 Å². The lowest BCUT2D eigenvalue weighted by Crippen LogP contribution is -2.51. The summed E-state index contributed by atoms with van der Waals surface area (Å²) in [5, 5.41) is 2.74. The molecule has 0 aliphatic carbocycles. The Morgan fingerprint density at radius 2 is 1.61 bits per heavy atom. The maximum atomic E-state index is 12.5. The number of anilines is 3. The average molecular weight is 417 g/mol. The first-order chi connectivity index (χ1) is 14.9. The van der Waals surface area contributed by atoms with Gasteiger partial charge < -0.3 is 19.9 Å². The van der Waals surface area contributed by atoms with Gasteiger partial charge in [0.15, 0.2) is 6.61 Å². The van der Waals surface area contributed by atoms with E-state index in [-0.39, 0.29) is 12.5 Å². The van der Waals surface area contributed by atoms with Crippen molar-refractivity contribution in [2.45, 2.75) is 13.8 Å². The molecular formula is C24H23N3O4. The molecule has 2 heterocycles. The summed E-state index contributed by atoms with van der Waals surface area (Å²) < 4.78 is 5.47. The number of carbonyl (C=O) groups excluding carboxylic acids is 1. The highest BCUT2D eigenvalue weighted by atomic mass is 16.5. The van der Waals surface area contributed by atoms with Crippen LogP contribution in [0.4, 0.5) is 17.1 Å². The Morgan fingerprint density at radius 3 is 2.35 bits per heavy atom. The third kappa shape index (κ3) is 3.26. The van der Waals surface area contributed by atoms with Crippen LogP contribution in [-0.2, 0) is 4.79 Å². The minimum Gasteiger partial charge on any atom is -0.482 e. The molecular weight excluding hydrogens is 394 g/mol. The van der Waals surface area contributed by atoms with Crippen LogP contribution in [0.5, 0.6) is 5.75 Å². The normalized spacial score (nSPS) is 16.1. The second kappa shape index (κ2) is 7.27. The van der Waals surface area contributed by atoms with E-state index >= 15 is 0 Å². The second-order valence-electron chi connectivity index (χ2n) is 8.19. The Balaban J connectivity index is 1.39. The van der Waals surface area contributed by atoms with Crippen LogP contribution in [0.15, 0.2) is 46.0 Å². The number of carbonyl (C=O) groups is 1. The molecule has 1 fully saturated rings. The number of piperazine rings is 1. The maximum absolute atomic E-state index is 12.5. The number of amides is 1. The van der Waals surface area contributed by atoms with Crippen molar-refractivity contribution in [1.29, 1.82) is 0 Å². The Kier molecular flexibility index (Phi) is 4.54. The predicted molar refractivity (Wildman–Crippen MR) is 121 cm³/mol. The molecule has 3 aromatic carbocycles. The fourth-order valence-electron chi connectivity index (χ4n) is 4.51. The van der Waals surface area contributed by atoms with Gasteiger partial charge in [-0.25, -0.2) is 0 Å². The molecule has 1 N–H and O–H groups in total. The Morgan fingerprint density at radius 1 is 0.871 bits per heavy atom. The average Bonchev–Trinajstić information content (AvgIpc) is 2.77. The summed E-state index contributed by atoms with van der Waals surface area (Å²) in [6, 6.07) is 11.6. The Bertz CT molecular complexity index is 1260. The van der Waals surface area contributed by atoms with Gasteiger partial charge in [0, 0.05) is 31.9 Å². The summed E-state index contributed by atoms with van der Waals surface area (Å²) in [5.41, 5.74) is 4.94. The highest BCUT2D eigenvalue weighted by Gasteiger charge is 2.30. The number of rotatable bonds is 3. The Labute approximate surface area is 179 Å². The molecule has 3 aromatic rings. The summed E-state index contributed by atoms with van der Waals surface area (Å²) in [4.78, 5) is 40.7. The van der Waals surface area contributed by atoms with Crippen molar-refractivity contribution in [3.8, 4) is 16.9 Å². The molecule has 7 nitrogen and oxygen atoms in total. The van der Waals surface area contributed by atoms with Gasteiger partial charge in [-0.05, 0) is 43.2 Å². The van der Waals surface area contributed by atoms with E-state index in [2.05, 4.69) is 42.3 Å². The van der Waals surface area contributed by atoms with Crippen molar-refractivity contribution in [1.82, 2.24) is 0 Å². The van der Waals surface area contributed by atoms with Crippen LogP contribution < -0.4 is 30.7 Å². The van der Waals surface area contributed by atoms with Crippen LogP contribution in [0.1, 0.15) is 11.1 Å². The van der Waals surface area contributed by atoms with Gasteiger partial charge in [0.1, 0.15) is 11.4 Å². The zero-order chi connectivity index (χ0) is 21.7. The number of hydrogen-bond donors (Lipinski definition) is 1. The number of nitrogens with one attached hydrogen (secondary N) is 1. The molecule has 0 bridgehead atoms. The lowest BCUT2D eigenvalue weighted by Gasteiger charge is -2.39. The molecule has 5 rings (SSSR count). The quantitative estimate of drug-likeness (QED) is 0.659. The van der Waals surface area contributed by atoms with Gasteiger partial charge in [-0.3, -0.25) is 14.4 Å². The van der Waals surface area contributed by atoms with Gasteiger partial charge in [-0.15, -0.1) is 0 Å². The Hall–Kier alpha value is -3.61. The van der Waals surface area contributed by atoms with E-state index in [0.29, 0.717) is 41.3 Å². The third-order valence-corrected chi connectivity index (χ3v) is 6.08.